The molecule has 0 fully saturated rings. The number of alkyl halides is 1. The van der Waals surface area contributed by atoms with Crippen molar-refractivity contribution in [2.45, 2.75) is 96.4 Å². The third-order valence-corrected chi connectivity index (χ3v) is 8.24. The summed E-state index contributed by atoms with van der Waals surface area (Å²) in [5.74, 6) is -2.56. The van der Waals surface area contributed by atoms with Gasteiger partial charge in [-0.3, -0.25) is 0 Å². The van der Waals surface area contributed by atoms with E-state index in [2.05, 4.69) is 50.2 Å². The Kier molecular flexibility index (Phi) is 13.2. The number of allylic oxidation sites excluding steroid dienone is 2. The molecule has 0 heterocycles. The Morgan fingerprint density at radius 3 is 1.51 bits per heavy atom. The van der Waals surface area contributed by atoms with Gasteiger partial charge in [0.2, 0.25) is 12.0 Å². The average Bonchev–Trinajstić information content (AvgIpc) is 3.05. The molecule has 2 unspecified atom stereocenters. The van der Waals surface area contributed by atoms with E-state index in [1.54, 1.807) is 12.2 Å². The predicted molar refractivity (Wildman–Crippen MR) is 176 cm³/mol. The van der Waals surface area contributed by atoms with E-state index in [0.717, 1.165) is 55.2 Å². The van der Waals surface area contributed by atoms with E-state index in [0.29, 0.717) is 18.8 Å². The molecular weight excluding hydrogens is 538 g/mol. The van der Waals surface area contributed by atoms with Crippen LogP contribution in [0.3, 0.4) is 0 Å². The molecule has 2 nitrogen and oxygen atoms in total. The zero-order valence-electron chi connectivity index (χ0n) is 26.0. The second kappa shape index (κ2) is 17.3. The molecule has 2 atom stereocenters. The van der Waals surface area contributed by atoms with Gasteiger partial charge in [-0.25, -0.2) is 8.78 Å². The fourth-order valence-electron chi connectivity index (χ4n) is 5.57. The fraction of sp³-hybridized carbons (Fsp3) is 0.436. The maximum atomic E-state index is 15.9. The summed E-state index contributed by atoms with van der Waals surface area (Å²) < 4.78 is 43.6. The molecule has 0 bridgehead atoms. The Morgan fingerprint density at radius 2 is 0.977 bits per heavy atom. The standard InChI is InChI=1S/C39H48F2O2/c1-3-5-7-8-9-10-11-16-30-43-39(42-29-15-6-4-2)28-27-36(37(40)38(39)41)35-25-23-34(24-26-35)33-21-19-32(20-22-33)31-17-13-12-14-18-31/h12-14,17-28,38H,3-11,15-16,29-30H2,1-2H3. The predicted octanol–water partition coefficient (Wildman–Crippen LogP) is 11.7. The summed E-state index contributed by atoms with van der Waals surface area (Å²) in [7, 11) is 0. The van der Waals surface area contributed by atoms with Crippen molar-refractivity contribution >= 4 is 5.57 Å². The summed E-state index contributed by atoms with van der Waals surface area (Å²) in [4.78, 5) is 0. The molecule has 0 amide bonds. The second-order valence-corrected chi connectivity index (χ2v) is 11.6. The average molecular weight is 587 g/mol. The first-order valence-electron chi connectivity index (χ1n) is 16.3. The molecule has 0 saturated heterocycles. The normalized spacial score (nSPS) is 18.4. The monoisotopic (exact) mass is 586 g/mol. The van der Waals surface area contributed by atoms with Crippen LogP contribution in [0.1, 0.15) is 90.0 Å². The van der Waals surface area contributed by atoms with Gasteiger partial charge < -0.3 is 9.47 Å². The molecule has 3 aromatic rings. The number of hydrogen-bond donors (Lipinski definition) is 0. The van der Waals surface area contributed by atoms with Gasteiger partial charge in [-0.2, -0.15) is 0 Å². The number of unbranched alkanes of at least 4 members (excludes halogenated alkanes) is 9. The van der Waals surface area contributed by atoms with Gasteiger partial charge in [-0.1, -0.05) is 157 Å². The molecule has 3 aromatic carbocycles. The molecule has 0 saturated carbocycles. The van der Waals surface area contributed by atoms with Crippen LogP contribution in [0, 0.1) is 0 Å². The number of halogens is 2. The van der Waals surface area contributed by atoms with Crippen LogP contribution in [0.2, 0.25) is 0 Å². The van der Waals surface area contributed by atoms with E-state index in [4.69, 9.17) is 9.47 Å². The molecule has 4 heteroatoms. The van der Waals surface area contributed by atoms with E-state index in [1.165, 1.54) is 37.7 Å². The summed E-state index contributed by atoms with van der Waals surface area (Å²) >= 11 is 0. The third-order valence-electron chi connectivity index (χ3n) is 8.24. The van der Waals surface area contributed by atoms with Crippen molar-refractivity contribution in [3.63, 3.8) is 0 Å². The van der Waals surface area contributed by atoms with Crippen LogP contribution in [-0.2, 0) is 9.47 Å². The minimum atomic E-state index is -2.02. The van der Waals surface area contributed by atoms with Gasteiger partial charge in [0.1, 0.15) is 5.83 Å². The van der Waals surface area contributed by atoms with Crippen molar-refractivity contribution in [2.75, 3.05) is 13.2 Å². The quantitative estimate of drug-likeness (QED) is 0.109. The first-order valence-corrected chi connectivity index (χ1v) is 16.3. The lowest BCUT2D eigenvalue weighted by Gasteiger charge is -2.36. The Morgan fingerprint density at radius 1 is 0.558 bits per heavy atom. The lowest BCUT2D eigenvalue weighted by Crippen LogP contribution is -2.46. The van der Waals surface area contributed by atoms with E-state index in [-0.39, 0.29) is 5.57 Å². The van der Waals surface area contributed by atoms with Gasteiger partial charge in [-0.05, 0) is 46.7 Å². The molecular formula is C39H48F2O2. The zero-order chi connectivity index (χ0) is 30.3. The summed E-state index contributed by atoms with van der Waals surface area (Å²) in [6, 6.07) is 26.2. The molecule has 0 spiro atoms. The van der Waals surface area contributed by atoms with Crippen LogP contribution in [0.4, 0.5) is 8.78 Å². The first-order chi connectivity index (χ1) is 21.1. The largest absolute Gasteiger partial charge is 0.344 e. The molecule has 1 aliphatic rings. The lowest BCUT2D eigenvalue weighted by molar-refractivity contribution is -0.234. The van der Waals surface area contributed by atoms with E-state index < -0.39 is 17.8 Å². The van der Waals surface area contributed by atoms with Crippen LogP contribution in [0.5, 0.6) is 0 Å². The number of ether oxygens (including phenoxy) is 2. The molecule has 0 aliphatic heterocycles. The van der Waals surface area contributed by atoms with E-state index in [9.17, 15) is 0 Å². The fourth-order valence-corrected chi connectivity index (χ4v) is 5.57. The first kappa shape index (κ1) is 32.8. The zero-order valence-corrected chi connectivity index (χ0v) is 26.0. The SMILES string of the molecule is CCCCCCCCCCOC1(OCCCCC)C=CC(c2ccc(-c3ccc(-c4ccccc4)cc3)cc2)=C(F)C1F. The maximum Gasteiger partial charge on any atom is 0.227 e. The Bertz CT molecular complexity index is 1280. The minimum absolute atomic E-state index is 0.238. The van der Waals surface area contributed by atoms with Gasteiger partial charge in [-0.15, -0.1) is 0 Å². The van der Waals surface area contributed by atoms with Crippen LogP contribution in [-0.4, -0.2) is 25.2 Å². The van der Waals surface area contributed by atoms with Crippen LogP contribution >= 0.6 is 0 Å². The summed E-state index contributed by atoms with van der Waals surface area (Å²) in [5.41, 5.74) is 5.27. The van der Waals surface area contributed by atoms with Gasteiger partial charge in [0, 0.05) is 5.57 Å². The summed E-state index contributed by atoms with van der Waals surface area (Å²) in [5, 5.41) is 0. The molecule has 1 aliphatic carbocycles. The molecule has 230 valence electrons. The topological polar surface area (TPSA) is 18.5 Å². The second-order valence-electron chi connectivity index (χ2n) is 11.6. The highest BCUT2D eigenvalue weighted by Crippen LogP contribution is 2.39. The van der Waals surface area contributed by atoms with Crippen molar-refractivity contribution in [2.24, 2.45) is 0 Å². The van der Waals surface area contributed by atoms with Crippen molar-refractivity contribution < 1.29 is 18.3 Å². The van der Waals surface area contributed by atoms with Gasteiger partial charge in [0.25, 0.3) is 0 Å². The van der Waals surface area contributed by atoms with Crippen molar-refractivity contribution in [1.29, 1.82) is 0 Å². The van der Waals surface area contributed by atoms with Gasteiger partial charge >= 0.3 is 0 Å². The number of rotatable bonds is 18. The van der Waals surface area contributed by atoms with E-state index >= 15 is 8.78 Å². The highest BCUT2D eigenvalue weighted by molar-refractivity contribution is 5.79. The van der Waals surface area contributed by atoms with E-state index in [1.807, 2.05) is 42.5 Å². The summed E-state index contributed by atoms with van der Waals surface area (Å²) in [6.45, 7) is 5.00. The smallest absolute Gasteiger partial charge is 0.227 e. The number of benzene rings is 3. The van der Waals surface area contributed by atoms with Gasteiger partial charge in [0.15, 0.2) is 0 Å². The molecule has 43 heavy (non-hydrogen) atoms. The number of hydrogen-bond acceptors (Lipinski definition) is 2. The molecule has 4 rings (SSSR count). The maximum absolute atomic E-state index is 15.9. The summed E-state index contributed by atoms with van der Waals surface area (Å²) in [6.07, 6.45) is 13.2. The Labute approximate surface area is 257 Å². The van der Waals surface area contributed by atoms with Crippen molar-refractivity contribution in [1.82, 2.24) is 0 Å². The lowest BCUT2D eigenvalue weighted by atomic mass is 9.92. The van der Waals surface area contributed by atoms with Crippen molar-refractivity contribution in [3.8, 4) is 22.3 Å². The van der Waals surface area contributed by atoms with Crippen LogP contribution < -0.4 is 0 Å². The Balaban J connectivity index is 1.40. The Hall–Kier alpha value is -3.08. The third kappa shape index (κ3) is 9.20. The minimum Gasteiger partial charge on any atom is -0.344 e. The molecule has 0 aromatic heterocycles. The van der Waals surface area contributed by atoms with Crippen molar-refractivity contribution in [3.05, 3.63) is 102 Å². The van der Waals surface area contributed by atoms with Crippen LogP contribution in [0.15, 0.2) is 96.8 Å². The molecule has 0 radical (unpaired) electrons. The molecule has 0 N–H and O–H groups in total. The van der Waals surface area contributed by atoms with Crippen LogP contribution in [0.25, 0.3) is 27.8 Å². The highest BCUT2D eigenvalue weighted by Gasteiger charge is 2.46. The van der Waals surface area contributed by atoms with Gasteiger partial charge in [0.05, 0.1) is 13.2 Å². The highest BCUT2D eigenvalue weighted by atomic mass is 19.2.